The van der Waals surface area contributed by atoms with E-state index < -0.39 is 0 Å². The average Bonchev–Trinajstić information content (AvgIpc) is 3.53. The minimum Gasteiger partial charge on any atom is -0.376 e. The topological polar surface area (TPSA) is 74.8 Å². The number of aromatic nitrogens is 5. The van der Waals surface area contributed by atoms with Gasteiger partial charge in [-0.25, -0.2) is 4.98 Å². The number of thiophene rings is 1. The van der Waals surface area contributed by atoms with Crippen LogP contribution in [0.15, 0.2) is 58.1 Å². The number of para-hydroxylation sites is 1. The highest BCUT2D eigenvalue weighted by Crippen LogP contribution is 2.29. The SMILES string of the molecule is O=c1c2ccccc2ncn1CCSc1nnc(-c2cccs2)n1C[C@@H]1CCCO1. The molecule has 3 aromatic heterocycles. The van der Waals surface area contributed by atoms with E-state index in [-0.39, 0.29) is 11.7 Å². The van der Waals surface area contributed by atoms with Crippen LogP contribution < -0.4 is 5.56 Å². The fourth-order valence-electron chi connectivity index (χ4n) is 3.64. The Balaban J connectivity index is 1.34. The van der Waals surface area contributed by atoms with E-state index in [1.807, 2.05) is 35.7 Å². The highest BCUT2D eigenvalue weighted by Gasteiger charge is 2.22. The van der Waals surface area contributed by atoms with Crippen LogP contribution in [0.25, 0.3) is 21.6 Å². The molecule has 1 aromatic carbocycles. The normalized spacial score (nSPS) is 16.5. The van der Waals surface area contributed by atoms with Crippen molar-refractivity contribution in [1.82, 2.24) is 24.3 Å². The van der Waals surface area contributed by atoms with E-state index in [0.717, 1.165) is 47.4 Å². The second-order valence-electron chi connectivity index (χ2n) is 7.14. The van der Waals surface area contributed by atoms with E-state index in [4.69, 9.17) is 4.74 Å². The van der Waals surface area contributed by atoms with Crippen molar-refractivity contribution >= 4 is 34.0 Å². The fraction of sp³-hybridized carbons (Fsp3) is 0.333. The maximum absolute atomic E-state index is 12.7. The summed E-state index contributed by atoms with van der Waals surface area (Å²) in [6.45, 7) is 2.13. The molecule has 4 heterocycles. The molecule has 9 heteroatoms. The van der Waals surface area contributed by atoms with Crippen LogP contribution in [0.1, 0.15) is 12.8 Å². The monoisotopic (exact) mass is 439 g/mol. The number of hydrogen-bond acceptors (Lipinski definition) is 7. The van der Waals surface area contributed by atoms with E-state index in [9.17, 15) is 4.79 Å². The number of fused-ring (bicyclic) bond motifs is 1. The van der Waals surface area contributed by atoms with Gasteiger partial charge >= 0.3 is 0 Å². The van der Waals surface area contributed by atoms with Gasteiger partial charge in [0.2, 0.25) is 0 Å². The third-order valence-corrected chi connectivity index (χ3v) is 6.98. The van der Waals surface area contributed by atoms with Crippen LogP contribution in [-0.2, 0) is 17.8 Å². The van der Waals surface area contributed by atoms with Crippen molar-refractivity contribution in [3.05, 3.63) is 58.5 Å². The number of thioether (sulfide) groups is 1. The Kier molecular flexibility index (Phi) is 5.65. The summed E-state index contributed by atoms with van der Waals surface area (Å²) in [5, 5.41) is 12.4. The second-order valence-corrected chi connectivity index (χ2v) is 9.15. The molecule has 154 valence electrons. The first-order chi connectivity index (χ1) is 14.8. The number of aryl methyl sites for hydroxylation is 1. The van der Waals surface area contributed by atoms with Crippen LogP contribution in [0.5, 0.6) is 0 Å². The highest BCUT2D eigenvalue weighted by atomic mass is 32.2. The lowest BCUT2D eigenvalue weighted by molar-refractivity contribution is 0.0953. The number of benzene rings is 1. The van der Waals surface area contributed by atoms with E-state index in [1.54, 1.807) is 34.0 Å². The summed E-state index contributed by atoms with van der Waals surface area (Å²) in [7, 11) is 0. The summed E-state index contributed by atoms with van der Waals surface area (Å²) < 4.78 is 9.67. The van der Waals surface area contributed by atoms with Gasteiger partial charge < -0.3 is 4.74 Å². The van der Waals surface area contributed by atoms with Crippen LogP contribution >= 0.6 is 23.1 Å². The summed E-state index contributed by atoms with van der Waals surface area (Å²) in [4.78, 5) is 18.2. The highest BCUT2D eigenvalue weighted by molar-refractivity contribution is 7.99. The zero-order valence-electron chi connectivity index (χ0n) is 16.3. The van der Waals surface area contributed by atoms with Gasteiger partial charge in [0.25, 0.3) is 5.56 Å². The maximum Gasteiger partial charge on any atom is 0.261 e. The lowest BCUT2D eigenvalue weighted by Crippen LogP contribution is -2.21. The zero-order valence-corrected chi connectivity index (χ0v) is 17.9. The largest absolute Gasteiger partial charge is 0.376 e. The standard InChI is InChI=1S/C21H21N5O2S2/c27-20-16-6-1-2-7-17(16)22-14-25(20)9-12-30-21-24-23-19(18-8-4-11-29-18)26(21)13-15-5-3-10-28-15/h1-2,4,6-8,11,14-15H,3,5,9-10,12-13H2/t15-/m0/s1. The van der Waals surface area contributed by atoms with Gasteiger partial charge in [-0.3, -0.25) is 13.9 Å². The van der Waals surface area contributed by atoms with Crippen LogP contribution in [0, 0.1) is 0 Å². The molecule has 0 aliphatic carbocycles. The smallest absolute Gasteiger partial charge is 0.261 e. The molecule has 0 spiro atoms. The minimum absolute atomic E-state index is 0.0127. The number of ether oxygens (including phenoxy) is 1. The molecule has 1 aliphatic rings. The molecular weight excluding hydrogens is 418 g/mol. The molecule has 4 aromatic rings. The van der Waals surface area contributed by atoms with Gasteiger partial charge in [-0.15, -0.1) is 21.5 Å². The predicted molar refractivity (Wildman–Crippen MR) is 119 cm³/mol. The van der Waals surface area contributed by atoms with E-state index in [2.05, 4.69) is 25.8 Å². The molecule has 0 radical (unpaired) electrons. The van der Waals surface area contributed by atoms with Crippen LogP contribution in [0.4, 0.5) is 0 Å². The minimum atomic E-state index is -0.0127. The zero-order chi connectivity index (χ0) is 20.3. The first kappa shape index (κ1) is 19.5. The first-order valence-corrected chi connectivity index (χ1v) is 11.8. The molecule has 1 saturated heterocycles. The summed E-state index contributed by atoms with van der Waals surface area (Å²) in [5.41, 5.74) is 0.713. The van der Waals surface area contributed by atoms with E-state index in [1.165, 1.54) is 0 Å². The number of rotatable bonds is 7. The van der Waals surface area contributed by atoms with Gasteiger partial charge in [0.05, 0.1) is 34.8 Å². The van der Waals surface area contributed by atoms with E-state index in [0.29, 0.717) is 17.7 Å². The van der Waals surface area contributed by atoms with Crippen molar-refractivity contribution in [2.45, 2.75) is 37.2 Å². The van der Waals surface area contributed by atoms with Crippen LogP contribution in [0.2, 0.25) is 0 Å². The molecule has 5 rings (SSSR count). The molecule has 1 atom stereocenters. The lowest BCUT2D eigenvalue weighted by atomic mass is 10.2. The molecule has 0 amide bonds. The lowest BCUT2D eigenvalue weighted by Gasteiger charge is -2.14. The summed E-state index contributed by atoms with van der Waals surface area (Å²) in [6, 6.07) is 11.5. The van der Waals surface area contributed by atoms with Gasteiger partial charge in [0, 0.05) is 18.9 Å². The van der Waals surface area contributed by atoms with Crippen molar-refractivity contribution in [2.75, 3.05) is 12.4 Å². The number of nitrogens with zero attached hydrogens (tertiary/aromatic N) is 5. The van der Waals surface area contributed by atoms with Crippen molar-refractivity contribution < 1.29 is 4.74 Å². The molecule has 0 unspecified atom stereocenters. The molecule has 0 bridgehead atoms. The van der Waals surface area contributed by atoms with Crippen LogP contribution in [-0.4, -0.2) is 42.8 Å². The fourth-order valence-corrected chi connectivity index (χ4v) is 5.24. The third kappa shape index (κ3) is 3.92. The van der Waals surface area contributed by atoms with Gasteiger partial charge in [0.15, 0.2) is 11.0 Å². The molecule has 1 aliphatic heterocycles. The Morgan fingerprint density at radius 2 is 2.13 bits per heavy atom. The molecular formula is C21H21N5O2S2. The van der Waals surface area contributed by atoms with Crippen molar-refractivity contribution in [3.63, 3.8) is 0 Å². The summed E-state index contributed by atoms with van der Waals surface area (Å²) >= 11 is 3.27. The van der Waals surface area contributed by atoms with E-state index >= 15 is 0 Å². The summed E-state index contributed by atoms with van der Waals surface area (Å²) in [5.74, 6) is 1.58. The predicted octanol–water partition coefficient (Wildman–Crippen LogP) is 3.69. The van der Waals surface area contributed by atoms with Crippen molar-refractivity contribution in [1.29, 1.82) is 0 Å². The third-order valence-electron chi connectivity index (χ3n) is 5.16. The van der Waals surface area contributed by atoms with Gasteiger partial charge in [-0.05, 0) is 36.4 Å². The first-order valence-electron chi connectivity index (χ1n) is 9.95. The molecule has 0 N–H and O–H groups in total. The Hall–Kier alpha value is -2.49. The average molecular weight is 440 g/mol. The maximum atomic E-state index is 12.7. The van der Waals surface area contributed by atoms with Gasteiger partial charge in [0.1, 0.15) is 0 Å². The number of hydrogen-bond donors (Lipinski definition) is 0. The quantitative estimate of drug-likeness (QED) is 0.409. The Labute approximate surface area is 181 Å². The molecule has 0 saturated carbocycles. The molecule has 7 nitrogen and oxygen atoms in total. The molecule has 1 fully saturated rings. The molecule has 30 heavy (non-hydrogen) atoms. The van der Waals surface area contributed by atoms with Crippen LogP contribution in [0.3, 0.4) is 0 Å². The van der Waals surface area contributed by atoms with Crippen molar-refractivity contribution in [2.24, 2.45) is 0 Å². The van der Waals surface area contributed by atoms with Gasteiger partial charge in [-0.2, -0.15) is 0 Å². The second kappa shape index (κ2) is 8.71. The Morgan fingerprint density at radius 1 is 1.20 bits per heavy atom. The Bertz CT molecular complexity index is 1200. The Morgan fingerprint density at radius 3 is 2.97 bits per heavy atom. The van der Waals surface area contributed by atoms with Gasteiger partial charge in [-0.1, -0.05) is 30.0 Å². The van der Waals surface area contributed by atoms with Crippen molar-refractivity contribution in [3.8, 4) is 10.7 Å². The summed E-state index contributed by atoms with van der Waals surface area (Å²) in [6.07, 6.45) is 3.98.